The van der Waals surface area contributed by atoms with Gasteiger partial charge in [-0.05, 0) is 74.1 Å². The van der Waals surface area contributed by atoms with Gasteiger partial charge in [0.15, 0.2) is 0 Å². The molecule has 1 spiro atoms. The lowest BCUT2D eigenvalue weighted by Gasteiger charge is -2.48. The van der Waals surface area contributed by atoms with Crippen molar-refractivity contribution in [2.24, 2.45) is 0 Å². The molecule has 2 aliphatic heterocycles. The van der Waals surface area contributed by atoms with Crippen LogP contribution in [0.4, 0.5) is 23.2 Å². The molecule has 1 saturated carbocycles. The number of benzene rings is 3. The second-order valence-corrected chi connectivity index (χ2v) is 12.2. The molecule has 0 unspecified atom stereocenters. The molecule has 0 bridgehead atoms. The van der Waals surface area contributed by atoms with Gasteiger partial charge in [-0.15, -0.1) is 0 Å². The first-order valence-corrected chi connectivity index (χ1v) is 15.3. The molecule has 1 saturated heterocycles. The van der Waals surface area contributed by atoms with E-state index in [1.165, 1.54) is 23.1 Å². The predicted octanol–water partition coefficient (Wildman–Crippen LogP) is 5.71. The maximum Gasteiger partial charge on any atom is 0.416 e. The molecule has 238 valence electrons. The van der Waals surface area contributed by atoms with E-state index in [0.717, 1.165) is 43.0 Å². The zero-order chi connectivity index (χ0) is 31.8. The van der Waals surface area contributed by atoms with Crippen molar-refractivity contribution in [2.45, 2.75) is 74.9 Å². The van der Waals surface area contributed by atoms with Crippen molar-refractivity contribution >= 4 is 17.5 Å². The third-order valence-electron chi connectivity index (χ3n) is 9.11. The van der Waals surface area contributed by atoms with Gasteiger partial charge in [0.25, 0.3) is 5.91 Å². The number of carbonyl (C=O) groups is 2. The first-order valence-electron chi connectivity index (χ1n) is 15.3. The third kappa shape index (κ3) is 6.69. The summed E-state index contributed by atoms with van der Waals surface area (Å²) in [7, 11) is 0. The Morgan fingerprint density at radius 3 is 2.51 bits per heavy atom. The number of rotatable bonds is 9. The van der Waals surface area contributed by atoms with Crippen LogP contribution in [-0.2, 0) is 17.4 Å². The van der Waals surface area contributed by atoms with Crippen LogP contribution in [0, 0.1) is 5.82 Å². The Bertz CT molecular complexity index is 1560. The number of hydrogen-bond acceptors (Lipinski definition) is 5. The first-order chi connectivity index (χ1) is 21.5. The van der Waals surface area contributed by atoms with E-state index in [1.807, 2.05) is 30.3 Å². The average Bonchev–Trinajstić information content (AvgIpc) is 3.43. The second-order valence-electron chi connectivity index (χ2n) is 12.2. The Balaban J connectivity index is 1.21. The minimum Gasteiger partial charge on any atom is -0.487 e. The van der Waals surface area contributed by atoms with Crippen LogP contribution in [-0.4, -0.2) is 47.8 Å². The van der Waals surface area contributed by atoms with Gasteiger partial charge in [0.05, 0.1) is 23.4 Å². The van der Waals surface area contributed by atoms with Gasteiger partial charge in [0, 0.05) is 43.1 Å². The number of ether oxygens (including phenoxy) is 1. The van der Waals surface area contributed by atoms with Crippen LogP contribution in [0.25, 0.3) is 0 Å². The molecular formula is C34H35F4N3O4. The minimum atomic E-state index is -4.52. The van der Waals surface area contributed by atoms with E-state index in [2.05, 4.69) is 10.6 Å². The number of nitrogens with one attached hydrogen (secondary N) is 2. The Hall–Kier alpha value is -3.96. The lowest BCUT2D eigenvalue weighted by Crippen LogP contribution is -2.52. The lowest BCUT2D eigenvalue weighted by molar-refractivity contribution is -0.137. The number of aliphatic hydroxyl groups excluding tert-OH is 1. The van der Waals surface area contributed by atoms with Crippen LogP contribution in [0.3, 0.4) is 0 Å². The number of amides is 2. The van der Waals surface area contributed by atoms with Crippen LogP contribution in [0.1, 0.15) is 71.6 Å². The maximum absolute atomic E-state index is 14.6. The number of alkyl halides is 3. The summed E-state index contributed by atoms with van der Waals surface area (Å²) in [5.74, 6) is -0.974. The molecule has 3 N–H and O–H groups in total. The van der Waals surface area contributed by atoms with Crippen molar-refractivity contribution in [3.63, 3.8) is 0 Å². The zero-order valence-electron chi connectivity index (χ0n) is 24.6. The SMILES string of the molecule is O=C(N[C@@H](Cc1ccccc1)[C@H](O)CN[C@H]1CC2(CCC2)Oc2ccc(C(F)(F)F)cc21)c1ccc(F)c(N2CCCC2=O)c1. The molecule has 0 aromatic heterocycles. The van der Waals surface area contributed by atoms with Gasteiger partial charge < -0.3 is 25.4 Å². The molecule has 3 atom stereocenters. The standard InChI is InChI=1S/C34H35F4N3O4/c35-25-11-9-22(17-28(25)41-15-4-8-31(41)43)32(44)40-26(16-21-6-2-1-3-7-21)29(42)20-39-27-19-33(13-5-14-33)45-30-12-10-23(18-24(27)30)34(36,37)38/h1-3,6-7,9-12,17-18,26-27,29,39,42H,4-5,8,13-16,19-20H2,(H,40,44)/t26-,27-,29+/m0/s1. The molecular weight excluding hydrogens is 590 g/mol. The molecule has 11 heteroatoms. The van der Waals surface area contributed by atoms with Crippen LogP contribution in [0.5, 0.6) is 5.75 Å². The third-order valence-corrected chi connectivity index (χ3v) is 9.11. The number of fused-ring (bicyclic) bond motifs is 1. The predicted molar refractivity (Wildman–Crippen MR) is 159 cm³/mol. The fourth-order valence-corrected chi connectivity index (χ4v) is 6.48. The van der Waals surface area contributed by atoms with Gasteiger partial charge in [-0.2, -0.15) is 13.2 Å². The summed E-state index contributed by atoms with van der Waals surface area (Å²) in [6, 6.07) is 15.3. The number of halogens is 4. The summed E-state index contributed by atoms with van der Waals surface area (Å²) in [4.78, 5) is 27.0. The molecule has 2 fully saturated rings. The molecule has 2 heterocycles. The number of aliphatic hydroxyl groups is 1. The fourth-order valence-electron chi connectivity index (χ4n) is 6.48. The highest BCUT2D eigenvalue weighted by atomic mass is 19.4. The maximum atomic E-state index is 14.6. The van der Waals surface area contributed by atoms with Crippen LogP contribution < -0.4 is 20.3 Å². The number of anilines is 1. The molecule has 3 aliphatic rings. The van der Waals surface area contributed by atoms with E-state index in [4.69, 9.17) is 4.74 Å². The van der Waals surface area contributed by atoms with Gasteiger partial charge in [-0.1, -0.05) is 30.3 Å². The van der Waals surface area contributed by atoms with Crippen molar-refractivity contribution < 1.29 is 37.0 Å². The number of nitrogens with zero attached hydrogens (tertiary/aromatic N) is 1. The topological polar surface area (TPSA) is 90.9 Å². The normalized spacial score (nSPS) is 20.2. The molecule has 7 nitrogen and oxygen atoms in total. The molecule has 6 rings (SSSR count). The van der Waals surface area contributed by atoms with Crippen molar-refractivity contribution in [2.75, 3.05) is 18.0 Å². The van der Waals surface area contributed by atoms with Gasteiger partial charge in [-0.25, -0.2) is 4.39 Å². The van der Waals surface area contributed by atoms with E-state index in [-0.39, 0.29) is 30.1 Å². The van der Waals surface area contributed by atoms with Gasteiger partial charge >= 0.3 is 6.18 Å². The van der Waals surface area contributed by atoms with Crippen molar-refractivity contribution in [1.29, 1.82) is 0 Å². The van der Waals surface area contributed by atoms with E-state index in [1.54, 1.807) is 0 Å². The minimum absolute atomic E-state index is 0.0227. The monoisotopic (exact) mass is 625 g/mol. The highest BCUT2D eigenvalue weighted by Gasteiger charge is 2.46. The lowest BCUT2D eigenvalue weighted by atomic mass is 9.72. The van der Waals surface area contributed by atoms with Gasteiger partial charge in [0.1, 0.15) is 17.2 Å². The highest BCUT2D eigenvalue weighted by molar-refractivity contribution is 5.99. The van der Waals surface area contributed by atoms with Crippen molar-refractivity contribution in [3.05, 3.63) is 94.8 Å². The summed E-state index contributed by atoms with van der Waals surface area (Å²) in [5, 5.41) is 17.6. The fraction of sp³-hybridized carbons (Fsp3) is 0.412. The Kier molecular flexibility index (Phi) is 8.58. The summed E-state index contributed by atoms with van der Waals surface area (Å²) in [6.07, 6.45) is -1.46. The smallest absolute Gasteiger partial charge is 0.416 e. The quantitative estimate of drug-likeness (QED) is 0.265. The van der Waals surface area contributed by atoms with E-state index >= 15 is 0 Å². The van der Waals surface area contributed by atoms with E-state index in [9.17, 15) is 32.3 Å². The average molecular weight is 626 g/mol. The molecule has 3 aromatic rings. The van der Waals surface area contributed by atoms with Crippen LogP contribution in [0.2, 0.25) is 0 Å². The second kappa shape index (κ2) is 12.4. The highest BCUT2D eigenvalue weighted by Crippen LogP contribution is 2.49. The molecule has 3 aromatic carbocycles. The summed E-state index contributed by atoms with van der Waals surface area (Å²) < 4.78 is 61.5. The van der Waals surface area contributed by atoms with Crippen LogP contribution in [0.15, 0.2) is 66.7 Å². The first kappa shape index (κ1) is 31.0. The summed E-state index contributed by atoms with van der Waals surface area (Å²) in [6.45, 7) is 0.341. The van der Waals surface area contributed by atoms with E-state index in [0.29, 0.717) is 37.1 Å². The van der Waals surface area contributed by atoms with Gasteiger partial charge in [0.2, 0.25) is 5.91 Å². The molecule has 2 amide bonds. The zero-order valence-corrected chi connectivity index (χ0v) is 24.6. The molecule has 1 aliphatic carbocycles. The summed E-state index contributed by atoms with van der Waals surface area (Å²) in [5.41, 5.74) is 0.176. The van der Waals surface area contributed by atoms with Crippen molar-refractivity contribution in [3.8, 4) is 5.75 Å². The Morgan fingerprint density at radius 1 is 1.07 bits per heavy atom. The summed E-state index contributed by atoms with van der Waals surface area (Å²) >= 11 is 0. The Morgan fingerprint density at radius 2 is 1.84 bits per heavy atom. The van der Waals surface area contributed by atoms with Crippen molar-refractivity contribution in [1.82, 2.24) is 10.6 Å². The largest absolute Gasteiger partial charge is 0.487 e. The molecule has 0 radical (unpaired) electrons. The van der Waals surface area contributed by atoms with E-state index < -0.39 is 47.3 Å². The Labute approximate surface area is 258 Å². The number of carbonyl (C=O) groups excluding carboxylic acids is 2. The van der Waals surface area contributed by atoms with Gasteiger partial charge in [-0.3, -0.25) is 9.59 Å². The number of hydrogen-bond donors (Lipinski definition) is 3. The van der Waals surface area contributed by atoms with Crippen LogP contribution >= 0.6 is 0 Å². The molecule has 45 heavy (non-hydrogen) atoms.